The Morgan fingerprint density at radius 2 is 2.05 bits per heavy atom. The third kappa shape index (κ3) is 3.14. The van der Waals surface area contributed by atoms with E-state index in [0.717, 1.165) is 11.3 Å². The molecule has 2 unspecified atom stereocenters. The summed E-state index contributed by atoms with van der Waals surface area (Å²) in [4.78, 5) is 26.0. The summed E-state index contributed by atoms with van der Waals surface area (Å²) in [5, 5.41) is 12.7. The smallest absolute Gasteiger partial charge is 0.316 e. The summed E-state index contributed by atoms with van der Waals surface area (Å²) in [5.41, 5.74) is 0.843. The minimum absolute atomic E-state index is 0.0181. The van der Waals surface area contributed by atoms with Gasteiger partial charge in [0.15, 0.2) is 0 Å². The normalized spacial score (nSPS) is 19.7. The van der Waals surface area contributed by atoms with E-state index in [1.54, 1.807) is 6.92 Å². The van der Waals surface area contributed by atoms with Crippen molar-refractivity contribution < 1.29 is 14.7 Å². The first kappa shape index (κ1) is 16.5. The molecule has 0 aliphatic carbocycles. The Bertz CT molecular complexity index is 581. The minimum atomic E-state index is -1.04. The highest BCUT2D eigenvalue weighted by atomic mass is 16.3. The van der Waals surface area contributed by atoms with Crippen molar-refractivity contribution in [3.05, 3.63) is 29.8 Å². The Hall–Kier alpha value is -1.88. The van der Waals surface area contributed by atoms with E-state index in [1.807, 2.05) is 45.0 Å². The molecule has 2 atom stereocenters. The second-order valence-corrected chi connectivity index (χ2v) is 6.57. The number of anilines is 1. The van der Waals surface area contributed by atoms with Crippen LogP contribution in [0.15, 0.2) is 24.3 Å². The second kappa shape index (κ2) is 6.08. The Balaban J connectivity index is 2.05. The topological polar surface area (TPSA) is 69.6 Å². The number of rotatable bonds is 3. The number of benzene rings is 1. The van der Waals surface area contributed by atoms with Crippen LogP contribution in [0.4, 0.5) is 5.69 Å². The lowest BCUT2D eigenvalue weighted by Crippen LogP contribution is -2.49. The number of hydrogen-bond acceptors (Lipinski definition) is 3. The number of carbonyl (C=O) groups excluding carboxylic acids is 2. The number of para-hydroxylation sites is 1. The molecule has 5 heteroatoms. The number of carbonyl (C=O) groups is 2. The Kier molecular flexibility index (Phi) is 4.56. The highest BCUT2D eigenvalue weighted by molar-refractivity contribution is 6.40. The zero-order valence-electron chi connectivity index (χ0n) is 13.6. The largest absolute Gasteiger partial charge is 0.388 e. The molecule has 0 spiro atoms. The maximum atomic E-state index is 12.4. The first-order valence-electron chi connectivity index (χ1n) is 7.65. The molecule has 1 aromatic carbocycles. The third-order valence-electron chi connectivity index (χ3n) is 4.50. The molecule has 1 aromatic rings. The molecule has 22 heavy (non-hydrogen) atoms. The van der Waals surface area contributed by atoms with Gasteiger partial charge in [0, 0.05) is 24.7 Å². The van der Waals surface area contributed by atoms with E-state index in [1.165, 1.54) is 4.90 Å². The van der Waals surface area contributed by atoms with Crippen molar-refractivity contribution in [1.29, 1.82) is 0 Å². The summed E-state index contributed by atoms with van der Waals surface area (Å²) < 4.78 is 0. The number of aliphatic hydroxyl groups is 1. The lowest BCUT2D eigenvalue weighted by molar-refractivity contribution is -0.138. The predicted octanol–water partition coefficient (Wildman–Crippen LogP) is 1.66. The van der Waals surface area contributed by atoms with Gasteiger partial charge in [0.1, 0.15) is 0 Å². The van der Waals surface area contributed by atoms with Crippen LogP contribution in [0.3, 0.4) is 0 Å². The summed E-state index contributed by atoms with van der Waals surface area (Å²) in [5.74, 6) is -1.05. The molecule has 0 bridgehead atoms. The Morgan fingerprint density at radius 1 is 1.41 bits per heavy atom. The lowest BCUT2D eigenvalue weighted by atomic mass is 9.92. The van der Waals surface area contributed by atoms with E-state index in [2.05, 4.69) is 5.32 Å². The van der Waals surface area contributed by atoms with Gasteiger partial charge >= 0.3 is 11.8 Å². The van der Waals surface area contributed by atoms with Crippen molar-refractivity contribution in [3.8, 4) is 0 Å². The average Bonchev–Trinajstić information content (AvgIpc) is 2.81. The van der Waals surface area contributed by atoms with Gasteiger partial charge in [0.05, 0.1) is 5.60 Å². The van der Waals surface area contributed by atoms with E-state index >= 15 is 0 Å². The van der Waals surface area contributed by atoms with Gasteiger partial charge in [0.25, 0.3) is 0 Å². The molecule has 1 heterocycles. The number of fused-ring (bicyclic) bond motifs is 1. The first-order chi connectivity index (χ1) is 10.2. The van der Waals surface area contributed by atoms with Gasteiger partial charge in [-0.2, -0.15) is 0 Å². The van der Waals surface area contributed by atoms with Crippen molar-refractivity contribution in [3.63, 3.8) is 0 Å². The lowest BCUT2D eigenvalue weighted by Gasteiger charge is -2.28. The van der Waals surface area contributed by atoms with Crippen molar-refractivity contribution >= 4 is 17.5 Å². The number of amides is 2. The molecular weight excluding hydrogens is 280 g/mol. The molecule has 0 saturated heterocycles. The van der Waals surface area contributed by atoms with Gasteiger partial charge in [-0.05, 0) is 24.5 Å². The fourth-order valence-corrected chi connectivity index (χ4v) is 2.47. The Labute approximate surface area is 131 Å². The molecule has 0 radical (unpaired) electrons. The molecule has 2 amide bonds. The van der Waals surface area contributed by atoms with Crippen LogP contribution in [0.5, 0.6) is 0 Å². The summed E-state index contributed by atoms with van der Waals surface area (Å²) >= 11 is 0. The quantitative estimate of drug-likeness (QED) is 0.834. The molecule has 5 nitrogen and oxygen atoms in total. The standard InChI is InChI=1S/C17H24N2O3/c1-11(2)17(4,22)10-18-15(20)16(21)19-9-12(3)13-7-5-6-8-14(13)19/h5-8,11-12,22H,9-10H2,1-4H3,(H,18,20). The van der Waals surface area contributed by atoms with E-state index in [9.17, 15) is 14.7 Å². The molecule has 2 rings (SSSR count). The number of nitrogens with one attached hydrogen (secondary N) is 1. The third-order valence-corrected chi connectivity index (χ3v) is 4.50. The molecule has 0 fully saturated rings. The van der Waals surface area contributed by atoms with Crippen molar-refractivity contribution in [2.75, 3.05) is 18.0 Å². The summed E-state index contributed by atoms with van der Waals surface area (Å²) in [6.45, 7) is 7.98. The van der Waals surface area contributed by atoms with Crippen LogP contribution in [0.25, 0.3) is 0 Å². The number of hydrogen-bond donors (Lipinski definition) is 2. The van der Waals surface area contributed by atoms with Crippen LogP contribution in [0.1, 0.15) is 39.2 Å². The maximum Gasteiger partial charge on any atom is 0.316 e. The fraction of sp³-hybridized carbons (Fsp3) is 0.529. The van der Waals surface area contributed by atoms with Crippen LogP contribution in [0, 0.1) is 5.92 Å². The summed E-state index contributed by atoms with van der Waals surface area (Å²) in [6.07, 6.45) is 0. The van der Waals surface area contributed by atoms with E-state index in [0.29, 0.717) is 6.54 Å². The molecule has 1 aliphatic heterocycles. The fourth-order valence-electron chi connectivity index (χ4n) is 2.47. The molecule has 0 saturated carbocycles. The number of nitrogens with zero attached hydrogens (tertiary/aromatic N) is 1. The molecular formula is C17H24N2O3. The average molecular weight is 304 g/mol. The first-order valence-corrected chi connectivity index (χ1v) is 7.65. The van der Waals surface area contributed by atoms with Crippen LogP contribution in [-0.4, -0.2) is 35.6 Å². The maximum absolute atomic E-state index is 12.4. The van der Waals surface area contributed by atoms with Crippen LogP contribution < -0.4 is 10.2 Å². The molecule has 0 aromatic heterocycles. The van der Waals surface area contributed by atoms with Crippen molar-refractivity contribution in [2.45, 2.75) is 39.2 Å². The van der Waals surface area contributed by atoms with E-state index < -0.39 is 17.4 Å². The zero-order valence-corrected chi connectivity index (χ0v) is 13.6. The van der Waals surface area contributed by atoms with Gasteiger partial charge in [-0.3, -0.25) is 9.59 Å². The van der Waals surface area contributed by atoms with Crippen LogP contribution >= 0.6 is 0 Å². The van der Waals surface area contributed by atoms with E-state index in [4.69, 9.17) is 0 Å². The predicted molar refractivity (Wildman–Crippen MR) is 85.7 cm³/mol. The van der Waals surface area contributed by atoms with Gasteiger partial charge in [-0.25, -0.2) is 0 Å². The Morgan fingerprint density at radius 3 is 2.68 bits per heavy atom. The van der Waals surface area contributed by atoms with E-state index in [-0.39, 0.29) is 18.4 Å². The SMILES string of the molecule is CC1CN(C(=O)C(=O)NCC(C)(O)C(C)C)c2ccccc21. The van der Waals surface area contributed by atoms with Gasteiger partial charge < -0.3 is 15.3 Å². The monoisotopic (exact) mass is 304 g/mol. The molecule has 120 valence electrons. The molecule has 2 N–H and O–H groups in total. The minimum Gasteiger partial charge on any atom is -0.388 e. The molecule has 1 aliphatic rings. The van der Waals surface area contributed by atoms with Crippen LogP contribution in [0.2, 0.25) is 0 Å². The van der Waals surface area contributed by atoms with Crippen LogP contribution in [-0.2, 0) is 9.59 Å². The van der Waals surface area contributed by atoms with Crippen molar-refractivity contribution in [1.82, 2.24) is 5.32 Å². The second-order valence-electron chi connectivity index (χ2n) is 6.57. The summed E-state index contributed by atoms with van der Waals surface area (Å²) in [6, 6.07) is 7.63. The highest BCUT2D eigenvalue weighted by Gasteiger charge is 2.34. The zero-order chi connectivity index (χ0) is 16.5. The van der Waals surface area contributed by atoms with Gasteiger partial charge in [0.2, 0.25) is 0 Å². The van der Waals surface area contributed by atoms with Crippen molar-refractivity contribution in [2.24, 2.45) is 5.92 Å². The van der Waals surface area contributed by atoms with Gasteiger partial charge in [-0.15, -0.1) is 0 Å². The van der Waals surface area contributed by atoms with Gasteiger partial charge in [-0.1, -0.05) is 39.0 Å². The summed E-state index contributed by atoms with van der Waals surface area (Å²) in [7, 11) is 0. The highest BCUT2D eigenvalue weighted by Crippen LogP contribution is 2.35.